The summed E-state index contributed by atoms with van der Waals surface area (Å²) in [7, 11) is 0. The van der Waals surface area contributed by atoms with Crippen molar-refractivity contribution in [3.63, 3.8) is 0 Å². The predicted octanol–water partition coefficient (Wildman–Crippen LogP) is 1.30. The lowest BCUT2D eigenvalue weighted by atomic mass is 9.96. The standard InChI is InChI=1S/C16H24N2O4/c1-11(19)18-14(12-6-3-4-7-12)15(20)17-10-16(2,21)13-8-5-9-22-13/h5,8-9,12,14,21H,3-4,6-7,10H2,1-2H3,(H,17,20)(H,18,19). The fraction of sp³-hybridized carbons (Fsp3) is 0.625. The largest absolute Gasteiger partial charge is 0.466 e. The normalized spacial score (nSPS) is 19.4. The summed E-state index contributed by atoms with van der Waals surface area (Å²) in [6.07, 6.45) is 5.51. The molecule has 2 amide bonds. The number of hydrogen-bond acceptors (Lipinski definition) is 4. The fourth-order valence-electron chi connectivity index (χ4n) is 2.95. The van der Waals surface area contributed by atoms with Gasteiger partial charge in [0, 0.05) is 6.92 Å². The predicted molar refractivity (Wildman–Crippen MR) is 80.9 cm³/mol. The van der Waals surface area contributed by atoms with Crippen molar-refractivity contribution < 1.29 is 19.1 Å². The molecule has 1 saturated carbocycles. The van der Waals surface area contributed by atoms with Gasteiger partial charge in [-0.05, 0) is 37.8 Å². The SMILES string of the molecule is CC(=O)NC(C(=O)NCC(C)(O)c1ccco1)C1CCCC1. The summed E-state index contributed by atoms with van der Waals surface area (Å²) in [5.74, 6) is 0.0842. The first-order chi connectivity index (χ1) is 10.4. The summed E-state index contributed by atoms with van der Waals surface area (Å²) in [5.41, 5.74) is -1.28. The van der Waals surface area contributed by atoms with Crippen molar-refractivity contribution >= 4 is 11.8 Å². The van der Waals surface area contributed by atoms with Crippen LogP contribution in [0.3, 0.4) is 0 Å². The van der Waals surface area contributed by atoms with Crippen molar-refractivity contribution in [3.05, 3.63) is 24.2 Å². The molecule has 1 aromatic rings. The van der Waals surface area contributed by atoms with Crippen LogP contribution in [0.4, 0.5) is 0 Å². The molecule has 3 N–H and O–H groups in total. The van der Waals surface area contributed by atoms with E-state index in [1.165, 1.54) is 13.2 Å². The molecule has 6 nitrogen and oxygen atoms in total. The Balaban J connectivity index is 1.97. The number of carbonyl (C=O) groups excluding carboxylic acids is 2. The number of nitrogens with one attached hydrogen (secondary N) is 2. The second-order valence-corrected chi connectivity index (χ2v) is 6.19. The lowest BCUT2D eigenvalue weighted by Gasteiger charge is -2.26. The zero-order valence-corrected chi connectivity index (χ0v) is 13.1. The molecule has 0 spiro atoms. The molecule has 6 heteroatoms. The molecule has 1 aliphatic carbocycles. The Morgan fingerprint density at radius 3 is 2.68 bits per heavy atom. The van der Waals surface area contributed by atoms with E-state index in [0.717, 1.165) is 25.7 Å². The van der Waals surface area contributed by atoms with E-state index in [-0.39, 0.29) is 24.3 Å². The van der Waals surface area contributed by atoms with Gasteiger partial charge in [0.15, 0.2) is 0 Å². The molecule has 2 unspecified atom stereocenters. The molecule has 0 bridgehead atoms. The van der Waals surface area contributed by atoms with Gasteiger partial charge >= 0.3 is 0 Å². The van der Waals surface area contributed by atoms with Gasteiger partial charge in [-0.25, -0.2) is 0 Å². The lowest BCUT2D eigenvalue weighted by molar-refractivity contribution is -0.130. The van der Waals surface area contributed by atoms with Gasteiger partial charge in [0.05, 0.1) is 12.8 Å². The average Bonchev–Trinajstić information content (AvgIpc) is 3.14. The fourth-order valence-corrected chi connectivity index (χ4v) is 2.95. The molecule has 22 heavy (non-hydrogen) atoms. The highest BCUT2D eigenvalue weighted by Crippen LogP contribution is 2.28. The van der Waals surface area contributed by atoms with Gasteiger partial charge in [-0.1, -0.05) is 12.8 Å². The monoisotopic (exact) mass is 308 g/mol. The van der Waals surface area contributed by atoms with E-state index in [2.05, 4.69) is 10.6 Å². The zero-order valence-electron chi connectivity index (χ0n) is 13.1. The second kappa shape index (κ2) is 6.96. The van der Waals surface area contributed by atoms with Gasteiger partial charge in [-0.2, -0.15) is 0 Å². The number of aliphatic hydroxyl groups is 1. The number of rotatable bonds is 6. The summed E-state index contributed by atoms with van der Waals surface area (Å²) < 4.78 is 5.18. The van der Waals surface area contributed by atoms with Crippen LogP contribution >= 0.6 is 0 Å². The first-order valence-corrected chi connectivity index (χ1v) is 7.71. The van der Waals surface area contributed by atoms with Crippen LogP contribution < -0.4 is 10.6 Å². The highest BCUT2D eigenvalue weighted by Gasteiger charge is 2.33. The molecule has 2 atom stereocenters. The van der Waals surface area contributed by atoms with Crippen LogP contribution in [-0.4, -0.2) is 29.5 Å². The number of carbonyl (C=O) groups is 2. The number of furan rings is 1. The molecule has 0 saturated heterocycles. The van der Waals surface area contributed by atoms with E-state index < -0.39 is 11.6 Å². The number of hydrogen-bond donors (Lipinski definition) is 3. The Morgan fingerprint density at radius 2 is 2.14 bits per heavy atom. The molecule has 122 valence electrons. The molecule has 0 radical (unpaired) electrons. The summed E-state index contributed by atoms with van der Waals surface area (Å²) in [4.78, 5) is 23.8. The Morgan fingerprint density at radius 1 is 1.45 bits per heavy atom. The average molecular weight is 308 g/mol. The third kappa shape index (κ3) is 4.10. The molecular weight excluding hydrogens is 284 g/mol. The van der Waals surface area contributed by atoms with E-state index in [9.17, 15) is 14.7 Å². The van der Waals surface area contributed by atoms with Crippen molar-refractivity contribution in [1.82, 2.24) is 10.6 Å². The third-order valence-electron chi connectivity index (χ3n) is 4.17. The number of amides is 2. The van der Waals surface area contributed by atoms with E-state index >= 15 is 0 Å². The van der Waals surface area contributed by atoms with Gasteiger partial charge in [0.25, 0.3) is 0 Å². The highest BCUT2D eigenvalue weighted by molar-refractivity contribution is 5.87. The van der Waals surface area contributed by atoms with E-state index in [1.807, 2.05) is 0 Å². The first kappa shape index (κ1) is 16.5. The van der Waals surface area contributed by atoms with Gasteiger partial charge in [-0.3, -0.25) is 9.59 Å². The quantitative estimate of drug-likeness (QED) is 0.738. The molecule has 1 heterocycles. The Labute approximate surface area is 130 Å². The molecule has 1 aliphatic rings. The molecule has 2 rings (SSSR count). The van der Waals surface area contributed by atoms with Crippen LogP contribution in [0.25, 0.3) is 0 Å². The van der Waals surface area contributed by atoms with Crippen LogP contribution in [0, 0.1) is 5.92 Å². The van der Waals surface area contributed by atoms with Crippen molar-refractivity contribution in [3.8, 4) is 0 Å². The summed E-state index contributed by atoms with van der Waals surface area (Å²) in [6.45, 7) is 3.02. The summed E-state index contributed by atoms with van der Waals surface area (Å²) in [6, 6.07) is 2.81. The molecule has 0 aromatic carbocycles. The maximum absolute atomic E-state index is 12.4. The minimum Gasteiger partial charge on any atom is -0.466 e. The minimum absolute atomic E-state index is 0.0299. The smallest absolute Gasteiger partial charge is 0.242 e. The third-order valence-corrected chi connectivity index (χ3v) is 4.17. The van der Waals surface area contributed by atoms with Gasteiger partial charge in [-0.15, -0.1) is 0 Å². The molecule has 1 fully saturated rings. The Bertz CT molecular complexity index is 504. The van der Waals surface area contributed by atoms with Crippen LogP contribution in [0.15, 0.2) is 22.8 Å². The maximum Gasteiger partial charge on any atom is 0.242 e. The highest BCUT2D eigenvalue weighted by atomic mass is 16.4. The second-order valence-electron chi connectivity index (χ2n) is 6.19. The summed E-state index contributed by atoms with van der Waals surface area (Å²) >= 11 is 0. The Kier molecular flexibility index (Phi) is 5.24. The van der Waals surface area contributed by atoms with Crippen molar-refractivity contribution in [2.75, 3.05) is 6.54 Å². The van der Waals surface area contributed by atoms with E-state index in [0.29, 0.717) is 5.76 Å². The van der Waals surface area contributed by atoms with Gasteiger partial charge < -0.3 is 20.2 Å². The maximum atomic E-state index is 12.4. The zero-order chi connectivity index (χ0) is 16.2. The van der Waals surface area contributed by atoms with Crippen molar-refractivity contribution in [2.24, 2.45) is 5.92 Å². The lowest BCUT2D eigenvalue weighted by Crippen LogP contribution is -2.52. The van der Waals surface area contributed by atoms with Crippen molar-refractivity contribution in [1.29, 1.82) is 0 Å². The van der Waals surface area contributed by atoms with E-state index in [1.54, 1.807) is 19.1 Å². The minimum atomic E-state index is -1.28. The van der Waals surface area contributed by atoms with Crippen LogP contribution in [0.1, 0.15) is 45.3 Å². The molecule has 1 aromatic heterocycles. The molecule has 0 aliphatic heterocycles. The topological polar surface area (TPSA) is 91.6 Å². The van der Waals surface area contributed by atoms with Crippen LogP contribution in [0.2, 0.25) is 0 Å². The first-order valence-electron chi connectivity index (χ1n) is 7.71. The van der Waals surface area contributed by atoms with Crippen LogP contribution in [-0.2, 0) is 15.2 Å². The van der Waals surface area contributed by atoms with Gasteiger partial charge in [0.1, 0.15) is 17.4 Å². The van der Waals surface area contributed by atoms with Crippen molar-refractivity contribution in [2.45, 2.75) is 51.2 Å². The molecular formula is C16H24N2O4. The van der Waals surface area contributed by atoms with E-state index in [4.69, 9.17) is 4.42 Å². The summed E-state index contributed by atoms with van der Waals surface area (Å²) in [5, 5.41) is 15.8. The Hall–Kier alpha value is -1.82. The van der Waals surface area contributed by atoms with Crippen LogP contribution in [0.5, 0.6) is 0 Å². The van der Waals surface area contributed by atoms with Gasteiger partial charge in [0.2, 0.25) is 11.8 Å².